The van der Waals surface area contributed by atoms with E-state index in [9.17, 15) is 14.9 Å². The minimum Gasteiger partial charge on any atom is -0.493 e. The third kappa shape index (κ3) is 6.02. The average molecular weight is 456 g/mol. The molecule has 0 atom stereocenters. The van der Waals surface area contributed by atoms with Crippen molar-refractivity contribution in [2.24, 2.45) is 0 Å². The summed E-state index contributed by atoms with van der Waals surface area (Å²) in [6, 6.07) is 19.0. The van der Waals surface area contributed by atoms with E-state index >= 15 is 0 Å². The maximum Gasteiger partial charge on any atom is 0.335 e. The first-order valence-electron chi connectivity index (χ1n) is 10.4. The number of benzene rings is 3. The Balaban J connectivity index is 1.75. The second-order valence-electron chi connectivity index (χ2n) is 7.63. The molecule has 34 heavy (non-hydrogen) atoms. The van der Waals surface area contributed by atoms with Crippen LogP contribution in [-0.4, -0.2) is 24.1 Å². The van der Waals surface area contributed by atoms with Gasteiger partial charge in [0.2, 0.25) is 0 Å². The van der Waals surface area contributed by atoms with Gasteiger partial charge in [0.1, 0.15) is 18.2 Å². The Morgan fingerprint density at radius 1 is 1.03 bits per heavy atom. The number of nitriles is 1. The molecule has 0 heterocycles. The number of carboxylic acid groups (broad SMARTS) is 1. The van der Waals surface area contributed by atoms with Crippen LogP contribution < -0.4 is 14.8 Å². The molecule has 0 fully saturated rings. The molecule has 7 heteroatoms. The van der Waals surface area contributed by atoms with E-state index in [1.54, 1.807) is 42.5 Å². The molecule has 0 radical (unpaired) electrons. The molecule has 0 bridgehead atoms. The van der Waals surface area contributed by atoms with Crippen LogP contribution in [0.3, 0.4) is 0 Å². The second-order valence-corrected chi connectivity index (χ2v) is 7.63. The molecule has 0 aromatic heterocycles. The molecule has 0 aliphatic carbocycles. The molecular formula is C27H24N2O5. The summed E-state index contributed by atoms with van der Waals surface area (Å²) in [6.07, 6.45) is 1.47. The first-order chi connectivity index (χ1) is 16.3. The third-order valence-corrected chi connectivity index (χ3v) is 5.20. The van der Waals surface area contributed by atoms with Gasteiger partial charge in [-0.15, -0.1) is 0 Å². The molecule has 3 rings (SSSR count). The van der Waals surface area contributed by atoms with Crippen LogP contribution in [0.25, 0.3) is 6.08 Å². The van der Waals surface area contributed by atoms with Crippen LogP contribution >= 0.6 is 0 Å². The summed E-state index contributed by atoms with van der Waals surface area (Å²) in [5, 5.41) is 21.4. The maximum absolute atomic E-state index is 12.6. The van der Waals surface area contributed by atoms with Crippen LogP contribution in [0.15, 0.2) is 66.2 Å². The van der Waals surface area contributed by atoms with Gasteiger partial charge in [-0.25, -0.2) is 4.79 Å². The SMILES string of the molecule is COc1cc(/C=C(\C#N)C(=O)Nc2ccc(C)c(C)c2)ccc1OCc1cccc(C(=O)O)c1. The quantitative estimate of drug-likeness (QED) is 0.359. The fourth-order valence-electron chi connectivity index (χ4n) is 3.18. The number of anilines is 1. The number of hydrogen-bond acceptors (Lipinski definition) is 5. The van der Waals surface area contributed by atoms with E-state index in [0.717, 1.165) is 11.1 Å². The highest BCUT2D eigenvalue weighted by Gasteiger charge is 2.12. The summed E-state index contributed by atoms with van der Waals surface area (Å²) >= 11 is 0. The zero-order valence-electron chi connectivity index (χ0n) is 19.1. The van der Waals surface area contributed by atoms with Gasteiger partial charge in [0, 0.05) is 5.69 Å². The van der Waals surface area contributed by atoms with Crippen molar-refractivity contribution in [2.45, 2.75) is 20.5 Å². The predicted molar refractivity (Wildman–Crippen MR) is 129 cm³/mol. The van der Waals surface area contributed by atoms with Gasteiger partial charge in [0.15, 0.2) is 11.5 Å². The lowest BCUT2D eigenvalue weighted by atomic mass is 10.1. The number of nitrogens with zero attached hydrogens (tertiary/aromatic N) is 1. The Morgan fingerprint density at radius 2 is 1.82 bits per heavy atom. The summed E-state index contributed by atoms with van der Waals surface area (Å²) < 4.78 is 11.2. The topological polar surface area (TPSA) is 109 Å². The van der Waals surface area contributed by atoms with Gasteiger partial charge in [0.25, 0.3) is 5.91 Å². The maximum atomic E-state index is 12.6. The molecule has 1 amide bonds. The second kappa shape index (κ2) is 10.8. The molecule has 172 valence electrons. The molecular weight excluding hydrogens is 432 g/mol. The van der Waals surface area contributed by atoms with Crippen molar-refractivity contribution in [3.63, 3.8) is 0 Å². The number of hydrogen-bond donors (Lipinski definition) is 2. The largest absolute Gasteiger partial charge is 0.493 e. The lowest BCUT2D eigenvalue weighted by Gasteiger charge is -2.12. The standard InChI is InChI=1S/C27H24N2O5/c1-17-7-9-23(11-18(17)2)29-26(30)22(15-28)12-19-8-10-24(25(14-19)33-3)34-16-20-5-4-6-21(13-20)27(31)32/h4-14H,16H2,1-3H3,(H,29,30)(H,31,32)/b22-12+. The van der Waals surface area contributed by atoms with Gasteiger partial charge in [-0.1, -0.05) is 24.3 Å². The van der Waals surface area contributed by atoms with Crippen molar-refractivity contribution in [3.8, 4) is 17.6 Å². The van der Waals surface area contributed by atoms with Gasteiger partial charge >= 0.3 is 5.97 Å². The van der Waals surface area contributed by atoms with E-state index in [1.165, 1.54) is 19.3 Å². The predicted octanol–water partition coefficient (Wildman–Crippen LogP) is 5.13. The number of aromatic carboxylic acids is 1. The molecule has 2 N–H and O–H groups in total. The van der Waals surface area contributed by atoms with Crippen LogP contribution in [0.5, 0.6) is 11.5 Å². The molecule has 7 nitrogen and oxygen atoms in total. The summed E-state index contributed by atoms with van der Waals surface area (Å²) in [4.78, 5) is 23.7. The summed E-state index contributed by atoms with van der Waals surface area (Å²) in [5.41, 5.74) is 4.16. The highest BCUT2D eigenvalue weighted by atomic mass is 16.5. The molecule has 0 aliphatic heterocycles. The number of carbonyl (C=O) groups is 2. The number of methoxy groups -OCH3 is 1. The van der Waals surface area contributed by atoms with E-state index in [2.05, 4.69) is 5.32 Å². The fourth-order valence-corrected chi connectivity index (χ4v) is 3.18. The van der Waals surface area contributed by atoms with Crippen LogP contribution in [-0.2, 0) is 11.4 Å². The molecule has 0 saturated carbocycles. The molecule has 3 aromatic rings. The molecule has 0 saturated heterocycles. The van der Waals surface area contributed by atoms with Gasteiger partial charge in [-0.05, 0) is 78.6 Å². The summed E-state index contributed by atoms with van der Waals surface area (Å²) in [7, 11) is 1.48. The van der Waals surface area contributed by atoms with E-state index in [1.807, 2.05) is 32.0 Å². The van der Waals surface area contributed by atoms with E-state index in [4.69, 9.17) is 14.6 Å². The summed E-state index contributed by atoms with van der Waals surface area (Å²) in [6.45, 7) is 4.08. The number of carboxylic acids is 1. The van der Waals surface area contributed by atoms with Crippen molar-refractivity contribution in [1.82, 2.24) is 0 Å². The van der Waals surface area contributed by atoms with Crippen LogP contribution in [0.1, 0.15) is 32.6 Å². The Kier molecular flexibility index (Phi) is 7.67. The monoisotopic (exact) mass is 456 g/mol. The molecule has 3 aromatic carbocycles. The highest BCUT2D eigenvalue weighted by molar-refractivity contribution is 6.09. The third-order valence-electron chi connectivity index (χ3n) is 5.20. The number of ether oxygens (including phenoxy) is 2. The van der Waals surface area contributed by atoms with Crippen LogP contribution in [0.4, 0.5) is 5.69 Å². The van der Waals surface area contributed by atoms with Crippen molar-refractivity contribution in [2.75, 3.05) is 12.4 Å². The minimum absolute atomic E-state index is 0.0561. The van der Waals surface area contributed by atoms with Crippen molar-refractivity contribution >= 4 is 23.6 Å². The number of aryl methyl sites for hydroxylation is 2. The first kappa shape index (κ1) is 24.1. The Bertz CT molecular complexity index is 1300. The van der Waals surface area contributed by atoms with Gasteiger partial charge in [-0.3, -0.25) is 4.79 Å². The lowest BCUT2D eigenvalue weighted by Crippen LogP contribution is -2.13. The smallest absolute Gasteiger partial charge is 0.335 e. The van der Waals surface area contributed by atoms with Crippen molar-refractivity contribution in [3.05, 3.63) is 94.1 Å². The zero-order valence-corrected chi connectivity index (χ0v) is 19.1. The number of amides is 1. The van der Waals surface area contributed by atoms with Crippen molar-refractivity contribution in [1.29, 1.82) is 5.26 Å². The Hall–Kier alpha value is -4.57. The normalized spacial score (nSPS) is 10.8. The number of carbonyl (C=O) groups excluding carboxylic acids is 1. The van der Waals surface area contributed by atoms with E-state index in [0.29, 0.717) is 28.3 Å². The van der Waals surface area contributed by atoms with E-state index in [-0.39, 0.29) is 17.7 Å². The molecule has 0 aliphatic rings. The van der Waals surface area contributed by atoms with E-state index < -0.39 is 11.9 Å². The number of nitrogens with one attached hydrogen (secondary N) is 1. The van der Waals surface area contributed by atoms with Gasteiger partial charge < -0.3 is 19.9 Å². The van der Waals surface area contributed by atoms with Gasteiger partial charge in [0.05, 0.1) is 12.7 Å². The van der Waals surface area contributed by atoms with Gasteiger partial charge in [-0.2, -0.15) is 5.26 Å². The summed E-state index contributed by atoms with van der Waals surface area (Å²) in [5.74, 6) is -0.665. The van der Waals surface area contributed by atoms with Crippen molar-refractivity contribution < 1.29 is 24.2 Å². The molecule has 0 unspecified atom stereocenters. The minimum atomic E-state index is -1.01. The zero-order chi connectivity index (χ0) is 24.7. The fraction of sp³-hybridized carbons (Fsp3) is 0.148. The molecule has 0 spiro atoms. The van der Waals surface area contributed by atoms with Crippen LogP contribution in [0, 0.1) is 25.2 Å². The first-order valence-corrected chi connectivity index (χ1v) is 10.4. The number of rotatable bonds is 8. The average Bonchev–Trinajstić information content (AvgIpc) is 2.83. The highest BCUT2D eigenvalue weighted by Crippen LogP contribution is 2.30. The Labute approximate surface area is 197 Å². The van der Waals surface area contributed by atoms with Crippen LogP contribution in [0.2, 0.25) is 0 Å². The Morgan fingerprint density at radius 3 is 2.50 bits per heavy atom. The lowest BCUT2D eigenvalue weighted by molar-refractivity contribution is -0.112.